The summed E-state index contributed by atoms with van der Waals surface area (Å²) < 4.78 is 117. The van der Waals surface area contributed by atoms with Crippen LogP contribution >= 0.6 is 0 Å². The molecular formula is C46H34B3Cl4F12N14RhRu2. The summed E-state index contributed by atoms with van der Waals surface area (Å²) in [6.07, 6.45) is 20.4. The Labute approximate surface area is 524 Å². The molecule has 0 spiro atoms. The summed E-state index contributed by atoms with van der Waals surface area (Å²) in [7, 11) is -18.0. The molecule has 0 aliphatic carbocycles. The van der Waals surface area contributed by atoms with E-state index < -0.39 is 21.8 Å². The number of hydrogen-bond donors (Lipinski definition) is 0. The van der Waals surface area contributed by atoms with Gasteiger partial charge >= 0.3 is 80.2 Å². The quantitative estimate of drug-likeness (QED) is 0.163. The van der Waals surface area contributed by atoms with E-state index in [4.69, 9.17) is 0 Å². The first-order valence-corrected chi connectivity index (χ1v) is 21.1. The maximum Gasteiger partial charge on any atom is 3.00 e. The molecule has 434 valence electrons. The van der Waals surface area contributed by atoms with Gasteiger partial charge in [0.15, 0.2) is 23.3 Å². The summed E-state index contributed by atoms with van der Waals surface area (Å²) in [5.74, 6) is 2.22. The van der Waals surface area contributed by atoms with Gasteiger partial charge in [0.05, 0.1) is 45.6 Å². The molecule has 10 aromatic heterocycles. The standard InChI is InChI=1S/2C15H11N3.2C8H6N4.3BF4.4ClH.Rh.2Ru/c2*1-3-10-16-12(6-1)14-8-5-9-15(18-14)13-7-2-4-11-17-13;2*1-3-9-7(10-4-1)8-11-5-2-6-12-8;3*2-1(3,4)5;;;;;;;/h2*1-11H;2*1-6H;;;;4*1H;;;/q;;;;3*-1;;;;;+3;2*+2/p-4. The van der Waals surface area contributed by atoms with Gasteiger partial charge in [0.2, 0.25) is 0 Å². The van der Waals surface area contributed by atoms with Crippen molar-refractivity contribution in [3.8, 4) is 68.8 Å². The molecule has 10 rings (SSSR count). The topological polar surface area (TPSA) is 180 Å². The number of rotatable bonds is 6. The van der Waals surface area contributed by atoms with Crippen LogP contribution in [0.5, 0.6) is 0 Å². The largest absolute Gasteiger partial charge is 3.00 e. The van der Waals surface area contributed by atoms with Crippen LogP contribution in [-0.2, 0) is 58.4 Å². The second kappa shape index (κ2) is 44.2. The molecule has 82 heavy (non-hydrogen) atoms. The molecule has 0 saturated heterocycles. The minimum Gasteiger partial charge on any atom is -1.00 e. The molecule has 0 aliphatic heterocycles. The normalized spacial score (nSPS) is 9.51. The van der Waals surface area contributed by atoms with Gasteiger partial charge in [0.25, 0.3) is 0 Å². The molecule has 0 N–H and O–H groups in total. The molecule has 0 fully saturated rings. The van der Waals surface area contributed by atoms with Crippen molar-refractivity contribution in [3.63, 3.8) is 0 Å². The predicted molar refractivity (Wildman–Crippen MR) is 258 cm³/mol. The van der Waals surface area contributed by atoms with Gasteiger partial charge in [-0.05, 0) is 97.1 Å². The van der Waals surface area contributed by atoms with Gasteiger partial charge in [-0.3, -0.25) is 19.9 Å². The van der Waals surface area contributed by atoms with Crippen LogP contribution in [0.2, 0.25) is 0 Å². The molecule has 0 aliphatic rings. The Hall–Kier alpha value is -6.40. The van der Waals surface area contributed by atoms with Crippen molar-refractivity contribution in [2.75, 3.05) is 0 Å². The van der Waals surface area contributed by atoms with Crippen LogP contribution in [0.25, 0.3) is 68.8 Å². The van der Waals surface area contributed by atoms with Gasteiger partial charge in [-0.2, -0.15) is 0 Å². The van der Waals surface area contributed by atoms with E-state index in [0.717, 1.165) is 45.6 Å². The van der Waals surface area contributed by atoms with Gasteiger partial charge in [-0.15, -0.1) is 0 Å². The van der Waals surface area contributed by atoms with Crippen molar-refractivity contribution < 1.29 is 160 Å². The monoisotopic (exact) mass is 1490 g/mol. The number of aromatic nitrogens is 14. The minimum absolute atomic E-state index is 0. The van der Waals surface area contributed by atoms with E-state index in [-0.39, 0.29) is 108 Å². The summed E-state index contributed by atoms with van der Waals surface area (Å²) in [5, 5.41) is 0. The Bertz CT molecular complexity index is 2710. The van der Waals surface area contributed by atoms with E-state index in [1.165, 1.54) is 0 Å². The van der Waals surface area contributed by atoms with Crippen LogP contribution < -0.4 is 49.6 Å². The van der Waals surface area contributed by atoms with Gasteiger partial charge in [0, 0.05) is 74.4 Å². The van der Waals surface area contributed by atoms with Gasteiger partial charge in [-0.1, -0.05) is 36.4 Å². The molecule has 0 bridgehead atoms. The van der Waals surface area contributed by atoms with Crippen LogP contribution in [-0.4, -0.2) is 91.5 Å². The number of pyridine rings is 6. The van der Waals surface area contributed by atoms with E-state index in [9.17, 15) is 51.8 Å². The molecule has 0 amide bonds. The Balaban J connectivity index is -0.000000449. The van der Waals surface area contributed by atoms with E-state index in [0.29, 0.717) is 23.3 Å². The molecule has 10 heterocycles. The first kappa shape index (κ1) is 82.1. The Morgan fingerprint density at radius 3 is 0.500 bits per heavy atom. The number of nitrogens with zero attached hydrogens (tertiary/aromatic N) is 14. The van der Waals surface area contributed by atoms with Crippen molar-refractivity contribution in [3.05, 3.63) is 208 Å². The summed E-state index contributed by atoms with van der Waals surface area (Å²) in [4.78, 5) is 58.5. The maximum atomic E-state index is 9.75. The van der Waals surface area contributed by atoms with E-state index in [1.54, 1.807) is 98.6 Å². The van der Waals surface area contributed by atoms with Crippen LogP contribution in [0.15, 0.2) is 208 Å². The van der Waals surface area contributed by atoms with Crippen molar-refractivity contribution in [1.29, 1.82) is 0 Å². The molecule has 0 unspecified atom stereocenters. The molecule has 0 radical (unpaired) electrons. The zero-order valence-electron chi connectivity index (χ0n) is 40.7. The van der Waals surface area contributed by atoms with Crippen LogP contribution in [0, 0.1) is 0 Å². The second-order valence-corrected chi connectivity index (χ2v) is 13.5. The molecular weight excluding hydrogens is 1460 g/mol. The third kappa shape index (κ3) is 37.6. The van der Waals surface area contributed by atoms with Crippen molar-refractivity contribution in [2.45, 2.75) is 0 Å². The van der Waals surface area contributed by atoms with E-state index in [2.05, 4.69) is 69.8 Å². The molecule has 0 atom stereocenters. The van der Waals surface area contributed by atoms with Crippen molar-refractivity contribution in [1.82, 2.24) is 69.8 Å². The number of hydrogen-bond acceptors (Lipinski definition) is 14. The summed E-state index contributed by atoms with van der Waals surface area (Å²) in [5.41, 5.74) is 6.92. The smallest absolute Gasteiger partial charge is 1.00 e. The fourth-order valence-electron chi connectivity index (χ4n) is 5.16. The molecule has 36 heteroatoms. The third-order valence-corrected chi connectivity index (χ3v) is 7.87. The minimum atomic E-state index is -6.00. The van der Waals surface area contributed by atoms with Crippen molar-refractivity contribution >= 4 is 21.8 Å². The number of halogens is 16. The second-order valence-electron chi connectivity index (χ2n) is 13.5. The Morgan fingerprint density at radius 2 is 0.354 bits per heavy atom. The predicted octanol–water partition coefficient (Wildman–Crippen LogP) is 0.187. The molecule has 10 aromatic rings. The Kier molecular flexibility index (Phi) is 44.3. The van der Waals surface area contributed by atoms with Crippen molar-refractivity contribution in [2.24, 2.45) is 0 Å². The molecule has 0 saturated carbocycles. The summed E-state index contributed by atoms with van der Waals surface area (Å²) in [6.45, 7) is 0. The summed E-state index contributed by atoms with van der Waals surface area (Å²) >= 11 is 0. The molecule has 0 aromatic carbocycles. The van der Waals surface area contributed by atoms with E-state index in [1.807, 2.05) is 109 Å². The average molecular weight is 1490 g/mol. The third-order valence-electron chi connectivity index (χ3n) is 7.87. The van der Waals surface area contributed by atoms with Gasteiger partial charge in [0.1, 0.15) is 0 Å². The summed E-state index contributed by atoms with van der Waals surface area (Å²) in [6, 6.07) is 42.0. The maximum absolute atomic E-state index is 9.75. The Morgan fingerprint density at radius 1 is 0.207 bits per heavy atom. The average Bonchev–Trinajstić information content (AvgIpc) is 3.42. The van der Waals surface area contributed by atoms with E-state index >= 15 is 0 Å². The van der Waals surface area contributed by atoms with Crippen LogP contribution in [0.4, 0.5) is 51.8 Å². The van der Waals surface area contributed by atoms with Gasteiger partial charge < -0.3 is 101 Å². The zero-order valence-corrected chi connectivity index (χ0v) is 48.8. The SMILES string of the molecule is F[B-](F)(F)F.F[B-](F)(F)F.F[B-](F)(F)F.[Cl-].[Cl-].[Cl-].[Cl-].[Rh+3].[Ru+2].[Ru+2].c1ccc(-c2cccc(-c3ccccn3)n2)nc1.c1ccc(-c2cccc(-c3ccccn3)n2)nc1.c1cnc(-c2ncccn2)nc1.c1cnc(-c2ncccn2)nc1. The fraction of sp³-hybridized carbons (Fsp3) is 0. The molecule has 14 nitrogen and oxygen atoms in total. The van der Waals surface area contributed by atoms with Crippen LogP contribution in [0.3, 0.4) is 0 Å². The van der Waals surface area contributed by atoms with Gasteiger partial charge in [-0.25, -0.2) is 49.8 Å². The fourth-order valence-corrected chi connectivity index (χ4v) is 5.16. The van der Waals surface area contributed by atoms with Crippen LogP contribution in [0.1, 0.15) is 0 Å². The zero-order chi connectivity index (χ0) is 54.4. The first-order chi connectivity index (χ1) is 35.8. The first-order valence-electron chi connectivity index (χ1n) is 21.1.